The molecule has 4 heteroatoms. The molecule has 2 aromatic carbocycles. The lowest BCUT2D eigenvalue weighted by Gasteiger charge is -2.34. The molecule has 26 heavy (non-hydrogen) atoms. The first kappa shape index (κ1) is 16.6. The average molecular weight is 346 g/mol. The molecule has 0 saturated carbocycles. The molecule has 1 amide bonds. The lowest BCUT2D eigenvalue weighted by atomic mass is 9.92. The maximum Gasteiger partial charge on any atom is 0.239 e. The SMILES string of the molecule is Cc1ccc(-c2ccc(CN3CCc4ccccc4C3C(N)=O)o2)cc1. The Kier molecular flexibility index (Phi) is 4.35. The summed E-state index contributed by atoms with van der Waals surface area (Å²) < 4.78 is 6.03. The van der Waals surface area contributed by atoms with Gasteiger partial charge in [0.2, 0.25) is 5.91 Å². The fourth-order valence-electron chi connectivity index (χ4n) is 3.66. The number of hydrogen-bond acceptors (Lipinski definition) is 3. The van der Waals surface area contributed by atoms with Crippen LogP contribution in [0.2, 0.25) is 0 Å². The van der Waals surface area contributed by atoms with Crippen molar-refractivity contribution in [3.63, 3.8) is 0 Å². The Bertz CT molecular complexity index is 927. The number of benzene rings is 2. The molecule has 3 aromatic rings. The number of nitrogens with zero attached hydrogens (tertiary/aromatic N) is 1. The minimum atomic E-state index is -0.409. The summed E-state index contributed by atoms with van der Waals surface area (Å²) in [4.78, 5) is 14.2. The van der Waals surface area contributed by atoms with Gasteiger partial charge < -0.3 is 10.2 Å². The molecule has 1 aromatic heterocycles. The summed E-state index contributed by atoms with van der Waals surface area (Å²) in [7, 11) is 0. The van der Waals surface area contributed by atoms with E-state index in [0.29, 0.717) is 6.54 Å². The van der Waals surface area contributed by atoms with Crippen LogP contribution >= 0.6 is 0 Å². The molecular formula is C22H22N2O2. The maximum absolute atomic E-state index is 12.1. The third-order valence-corrected chi connectivity index (χ3v) is 5.01. The number of amides is 1. The van der Waals surface area contributed by atoms with Crippen LogP contribution in [-0.4, -0.2) is 17.4 Å². The van der Waals surface area contributed by atoms with Crippen molar-refractivity contribution in [1.29, 1.82) is 0 Å². The molecule has 0 spiro atoms. The molecule has 0 bridgehead atoms. The topological polar surface area (TPSA) is 59.5 Å². The monoisotopic (exact) mass is 346 g/mol. The highest BCUT2D eigenvalue weighted by molar-refractivity contribution is 5.82. The number of primary amides is 1. The van der Waals surface area contributed by atoms with Gasteiger partial charge in [-0.1, -0.05) is 54.1 Å². The van der Waals surface area contributed by atoms with Crippen LogP contribution in [0.1, 0.15) is 28.5 Å². The van der Waals surface area contributed by atoms with Crippen molar-refractivity contribution in [2.45, 2.75) is 25.9 Å². The summed E-state index contributed by atoms with van der Waals surface area (Å²) in [5, 5.41) is 0. The van der Waals surface area contributed by atoms with Gasteiger partial charge in [-0.25, -0.2) is 0 Å². The van der Waals surface area contributed by atoms with Crippen LogP contribution in [0.25, 0.3) is 11.3 Å². The number of hydrogen-bond donors (Lipinski definition) is 1. The van der Waals surface area contributed by atoms with E-state index >= 15 is 0 Å². The van der Waals surface area contributed by atoms with E-state index in [0.717, 1.165) is 35.6 Å². The number of aryl methyl sites for hydroxylation is 1. The highest BCUT2D eigenvalue weighted by atomic mass is 16.3. The molecule has 1 unspecified atom stereocenters. The second kappa shape index (κ2) is 6.81. The quantitative estimate of drug-likeness (QED) is 0.781. The Morgan fingerprint density at radius 1 is 1.12 bits per heavy atom. The van der Waals surface area contributed by atoms with E-state index < -0.39 is 6.04 Å². The number of carbonyl (C=O) groups excluding carboxylic acids is 1. The summed E-state index contributed by atoms with van der Waals surface area (Å²) in [6, 6.07) is 19.8. The van der Waals surface area contributed by atoms with Gasteiger partial charge in [0, 0.05) is 12.1 Å². The van der Waals surface area contributed by atoms with E-state index in [2.05, 4.69) is 42.2 Å². The van der Waals surface area contributed by atoms with E-state index in [1.165, 1.54) is 11.1 Å². The van der Waals surface area contributed by atoms with Gasteiger partial charge in [0.05, 0.1) is 6.54 Å². The van der Waals surface area contributed by atoms with Crippen LogP contribution in [0.3, 0.4) is 0 Å². The smallest absolute Gasteiger partial charge is 0.239 e. The fourth-order valence-corrected chi connectivity index (χ4v) is 3.66. The van der Waals surface area contributed by atoms with E-state index in [-0.39, 0.29) is 5.91 Å². The first-order valence-electron chi connectivity index (χ1n) is 8.89. The molecule has 0 fully saturated rings. The third-order valence-electron chi connectivity index (χ3n) is 5.01. The molecule has 0 aliphatic carbocycles. The first-order valence-corrected chi connectivity index (χ1v) is 8.89. The molecule has 0 saturated heterocycles. The van der Waals surface area contributed by atoms with E-state index in [1.807, 2.05) is 30.3 Å². The van der Waals surface area contributed by atoms with Gasteiger partial charge in [-0.05, 0) is 36.6 Å². The second-order valence-corrected chi connectivity index (χ2v) is 6.86. The number of fused-ring (bicyclic) bond motifs is 1. The van der Waals surface area contributed by atoms with E-state index in [4.69, 9.17) is 10.2 Å². The van der Waals surface area contributed by atoms with Crippen LogP contribution < -0.4 is 5.73 Å². The Hall–Kier alpha value is -2.85. The number of nitrogens with two attached hydrogens (primary N) is 1. The highest BCUT2D eigenvalue weighted by Crippen LogP contribution is 2.31. The van der Waals surface area contributed by atoms with Crippen molar-refractivity contribution in [3.8, 4) is 11.3 Å². The van der Waals surface area contributed by atoms with Crippen LogP contribution in [0, 0.1) is 6.92 Å². The Balaban J connectivity index is 1.57. The number of carbonyl (C=O) groups is 1. The van der Waals surface area contributed by atoms with Crippen LogP contribution in [0.15, 0.2) is 65.1 Å². The van der Waals surface area contributed by atoms with Crippen molar-refractivity contribution in [2.75, 3.05) is 6.54 Å². The fraction of sp³-hybridized carbons (Fsp3) is 0.227. The molecule has 0 radical (unpaired) electrons. The summed E-state index contributed by atoms with van der Waals surface area (Å²) >= 11 is 0. The van der Waals surface area contributed by atoms with Crippen LogP contribution in [0.4, 0.5) is 0 Å². The molecule has 132 valence electrons. The van der Waals surface area contributed by atoms with Gasteiger partial charge >= 0.3 is 0 Å². The minimum absolute atomic E-state index is 0.317. The molecule has 2 heterocycles. The molecule has 1 aliphatic rings. The standard InChI is InChI=1S/C22H22N2O2/c1-15-6-8-17(9-7-15)20-11-10-18(26-20)14-24-13-12-16-4-2-3-5-19(16)21(24)22(23)25/h2-11,21H,12-14H2,1H3,(H2,23,25). The molecule has 1 atom stereocenters. The zero-order valence-electron chi connectivity index (χ0n) is 14.8. The van der Waals surface area contributed by atoms with Crippen molar-refractivity contribution < 1.29 is 9.21 Å². The average Bonchev–Trinajstić information content (AvgIpc) is 3.10. The zero-order valence-corrected chi connectivity index (χ0v) is 14.8. The van der Waals surface area contributed by atoms with Gasteiger partial charge in [-0.15, -0.1) is 0 Å². The summed E-state index contributed by atoms with van der Waals surface area (Å²) in [6.07, 6.45) is 0.908. The number of furan rings is 1. The maximum atomic E-state index is 12.1. The largest absolute Gasteiger partial charge is 0.460 e. The van der Waals surface area contributed by atoms with Crippen molar-refractivity contribution in [2.24, 2.45) is 5.73 Å². The Labute approximate surface area is 153 Å². The molecular weight excluding hydrogens is 324 g/mol. The van der Waals surface area contributed by atoms with Crippen molar-refractivity contribution in [3.05, 3.63) is 83.1 Å². The third kappa shape index (κ3) is 3.16. The van der Waals surface area contributed by atoms with Gasteiger partial charge in [-0.2, -0.15) is 0 Å². The lowest BCUT2D eigenvalue weighted by molar-refractivity contribution is -0.124. The predicted molar refractivity (Wildman–Crippen MR) is 101 cm³/mol. The second-order valence-electron chi connectivity index (χ2n) is 6.86. The highest BCUT2D eigenvalue weighted by Gasteiger charge is 2.31. The van der Waals surface area contributed by atoms with Gasteiger partial charge in [0.15, 0.2) is 0 Å². The molecule has 1 aliphatic heterocycles. The Morgan fingerprint density at radius 3 is 2.65 bits per heavy atom. The molecule has 4 rings (SSSR count). The van der Waals surface area contributed by atoms with Gasteiger partial charge in [0.1, 0.15) is 17.6 Å². The van der Waals surface area contributed by atoms with Crippen LogP contribution in [-0.2, 0) is 17.8 Å². The Morgan fingerprint density at radius 2 is 1.88 bits per heavy atom. The molecule has 4 nitrogen and oxygen atoms in total. The summed E-state index contributed by atoms with van der Waals surface area (Å²) in [5.41, 5.74) is 10.2. The minimum Gasteiger partial charge on any atom is -0.460 e. The molecule has 2 N–H and O–H groups in total. The van der Waals surface area contributed by atoms with Gasteiger partial charge in [0.25, 0.3) is 0 Å². The van der Waals surface area contributed by atoms with Gasteiger partial charge in [-0.3, -0.25) is 9.69 Å². The summed E-state index contributed by atoms with van der Waals surface area (Å²) in [6.45, 7) is 3.41. The normalized spacial score (nSPS) is 17.0. The van der Waals surface area contributed by atoms with Crippen molar-refractivity contribution >= 4 is 5.91 Å². The zero-order chi connectivity index (χ0) is 18.1. The van der Waals surface area contributed by atoms with E-state index in [9.17, 15) is 4.79 Å². The number of rotatable bonds is 4. The predicted octanol–water partition coefficient (Wildman–Crippen LogP) is 3.84. The van der Waals surface area contributed by atoms with Crippen LogP contribution in [0.5, 0.6) is 0 Å². The van der Waals surface area contributed by atoms with E-state index in [1.54, 1.807) is 0 Å². The lowest BCUT2D eigenvalue weighted by Crippen LogP contribution is -2.42. The first-order chi connectivity index (χ1) is 12.6. The summed E-state index contributed by atoms with van der Waals surface area (Å²) in [5.74, 6) is 1.36. The van der Waals surface area contributed by atoms with Crippen molar-refractivity contribution in [1.82, 2.24) is 4.90 Å².